The van der Waals surface area contributed by atoms with Gasteiger partial charge in [-0.3, -0.25) is 4.79 Å². The number of nitrogens with zero attached hydrogens (tertiary/aromatic N) is 2. The summed E-state index contributed by atoms with van der Waals surface area (Å²) in [7, 11) is 0. The second-order valence-corrected chi connectivity index (χ2v) is 8.43. The Balaban J connectivity index is 1.39. The molecule has 29 heavy (non-hydrogen) atoms. The average Bonchev–Trinajstić information content (AvgIpc) is 3.59. The summed E-state index contributed by atoms with van der Waals surface area (Å²) in [4.78, 5) is 13.2. The Bertz CT molecular complexity index is 1150. The van der Waals surface area contributed by atoms with Crippen LogP contribution in [0.1, 0.15) is 52.5 Å². The van der Waals surface area contributed by atoms with Gasteiger partial charge in [-0.25, -0.2) is 13.5 Å². The van der Waals surface area contributed by atoms with Gasteiger partial charge >= 0.3 is 0 Å². The van der Waals surface area contributed by atoms with Crippen molar-refractivity contribution in [2.45, 2.75) is 37.1 Å². The predicted molar refractivity (Wildman–Crippen MR) is 103 cm³/mol. The molecule has 2 aromatic carbocycles. The maximum absolute atomic E-state index is 14.5. The highest BCUT2D eigenvalue weighted by atomic mass is 19.1. The third-order valence-electron chi connectivity index (χ3n) is 6.55. The molecule has 0 unspecified atom stereocenters. The molecule has 6 rings (SSSR count). The first-order chi connectivity index (χ1) is 14.1. The summed E-state index contributed by atoms with van der Waals surface area (Å²) in [5.74, 6) is -0.698. The second-order valence-electron chi connectivity index (χ2n) is 8.43. The molecular formula is C23H19F2N3O. The van der Waals surface area contributed by atoms with Crippen LogP contribution in [-0.2, 0) is 12.0 Å². The molecule has 3 aromatic rings. The van der Waals surface area contributed by atoms with Crippen molar-refractivity contribution in [1.82, 2.24) is 15.1 Å². The normalized spacial score (nSPS) is 22.7. The van der Waals surface area contributed by atoms with Gasteiger partial charge in [0.25, 0.3) is 5.91 Å². The van der Waals surface area contributed by atoms with Gasteiger partial charge in [0.1, 0.15) is 11.5 Å². The van der Waals surface area contributed by atoms with Crippen LogP contribution < -0.4 is 5.32 Å². The maximum atomic E-state index is 14.5. The third kappa shape index (κ3) is 2.55. The predicted octanol–water partition coefficient (Wildman–Crippen LogP) is 4.23. The molecule has 0 bridgehead atoms. The molecule has 1 amide bonds. The van der Waals surface area contributed by atoms with E-state index in [1.165, 1.54) is 16.8 Å². The van der Waals surface area contributed by atoms with Gasteiger partial charge in [0, 0.05) is 17.5 Å². The lowest BCUT2D eigenvalue weighted by Gasteiger charge is -2.17. The second kappa shape index (κ2) is 5.75. The van der Waals surface area contributed by atoms with Crippen molar-refractivity contribution in [3.8, 4) is 5.69 Å². The van der Waals surface area contributed by atoms with E-state index in [9.17, 15) is 13.6 Å². The number of hydrogen-bond acceptors (Lipinski definition) is 2. The van der Waals surface area contributed by atoms with Gasteiger partial charge in [-0.05, 0) is 49.3 Å². The number of benzene rings is 2. The quantitative estimate of drug-likeness (QED) is 0.724. The van der Waals surface area contributed by atoms with Gasteiger partial charge in [0.15, 0.2) is 11.5 Å². The van der Waals surface area contributed by atoms with E-state index in [1.807, 2.05) is 30.3 Å². The van der Waals surface area contributed by atoms with E-state index in [-0.39, 0.29) is 17.1 Å². The SMILES string of the molecule is O=C(NC1(c2ccccc2)CC1)c1nn(-c2ccc(F)cc2F)c2c1C[C@@H]1C[C@H]21. The lowest BCUT2D eigenvalue weighted by molar-refractivity contribution is 0.0924. The van der Waals surface area contributed by atoms with Crippen molar-refractivity contribution in [3.63, 3.8) is 0 Å². The maximum Gasteiger partial charge on any atom is 0.272 e. The molecule has 4 nitrogen and oxygen atoms in total. The number of aromatic nitrogens is 2. The Morgan fingerprint density at radius 2 is 1.93 bits per heavy atom. The molecule has 3 aliphatic rings. The topological polar surface area (TPSA) is 46.9 Å². The molecule has 1 N–H and O–H groups in total. The Morgan fingerprint density at radius 1 is 1.14 bits per heavy atom. The van der Waals surface area contributed by atoms with E-state index in [1.54, 1.807) is 0 Å². The minimum Gasteiger partial charge on any atom is -0.341 e. The van der Waals surface area contributed by atoms with Crippen molar-refractivity contribution in [3.05, 3.63) is 82.7 Å². The molecule has 2 saturated carbocycles. The summed E-state index contributed by atoms with van der Waals surface area (Å²) < 4.78 is 29.4. The first kappa shape index (κ1) is 16.9. The zero-order chi connectivity index (χ0) is 19.8. The van der Waals surface area contributed by atoms with Crippen molar-refractivity contribution in [2.75, 3.05) is 0 Å². The van der Waals surface area contributed by atoms with Gasteiger partial charge in [-0.1, -0.05) is 30.3 Å². The first-order valence-electron chi connectivity index (χ1n) is 10.0. The standard InChI is InChI=1S/C23H19F2N3O/c24-15-6-7-19(18(25)12-15)28-21-16-10-13(16)11-17(21)20(27-28)22(29)26-23(8-9-23)14-4-2-1-3-5-14/h1-7,12-13,16H,8-11H2,(H,26,29)/t13-,16-/m0/s1. The minimum absolute atomic E-state index is 0.193. The summed E-state index contributed by atoms with van der Waals surface area (Å²) in [5.41, 5.74) is 3.15. The van der Waals surface area contributed by atoms with Crippen molar-refractivity contribution in [2.24, 2.45) is 5.92 Å². The van der Waals surface area contributed by atoms with Crippen LogP contribution in [0.15, 0.2) is 48.5 Å². The summed E-state index contributed by atoms with van der Waals surface area (Å²) in [6.07, 6.45) is 3.62. The Hall–Kier alpha value is -3.02. The number of fused-ring (bicyclic) bond motifs is 3. The summed E-state index contributed by atoms with van der Waals surface area (Å²) >= 11 is 0. The molecule has 0 aliphatic heterocycles. The van der Waals surface area contributed by atoms with E-state index in [0.29, 0.717) is 17.5 Å². The molecule has 6 heteroatoms. The van der Waals surface area contributed by atoms with Crippen LogP contribution in [0.2, 0.25) is 0 Å². The molecule has 1 heterocycles. The molecule has 2 atom stereocenters. The monoisotopic (exact) mass is 391 g/mol. The van der Waals surface area contributed by atoms with Crippen molar-refractivity contribution < 1.29 is 13.6 Å². The molecule has 3 aliphatic carbocycles. The number of nitrogens with one attached hydrogen (secondary N) is 1. The summed E-state index contributed by atoms with van der Waals surface area (Å²) in [6.45, 7) is 0. The number of rotatable bonds is 4. The van der Waals surface area contributed by atoms with E-state index >= 15 is 0 Å². The third-order valence-corrected chi connectivity index (χ3v) is 6.55. The average molecular weight is 391 g/mol. The number of carbonyl (C=O) groups is 1. The van der Waals surface area contributed by atoms with Gasteiger partial charge < -0.3 is 5.32 Å². The fourth-order valence-corrected chi connectivity index (χ4v) is 4.78. The van der Waals surface area contributed by atoms with Crippen LogP contribution in [0, 0.1) is 17.6 Å². The van der Waals surface area contributed by atoms with Crippen molar-refractivity contribution >= 4 is 5.91 Å². The Kier molecular flexibility index (Phi) is 3.35. The number of carbonyl (C=O) groups excluding carboxylic acids is 1. The molecular weight excluding hydrogens is 372 g/mol. The van der Waals surface area contributed by atoms with E-state index in [4.69, 9.17) is 0 Å². The summed E-state index contributed by atoms with van der Waals surface area (Å²) in [5, 5.41) is 7.70. The van der Waals surface area contributed by atoms with Crippen LogP contribution in [0.3, 0.4) is 0 Å². The molecule has 0 saturated heterocycles. The first-order valence-corrected chi connectivity index (χ1v) is 10.0. The lowest BCUT2D eigenvalue weighted by atomic mass is 10.0. The lowest BCUT2D eigenvalue weighted by Crippen LogP contribution is -2.35. The highest BCUT2D eigenvalue weighted by molar-refractivity contribution is 5.95. The zero-order valence-corrected chi connectivity index (χ0v) is 15.7. The number of amides is 1. The van der Waals surface area contributed by atoms with E-state index in [0.717, 1.165) is 48.6 Å². The van der Waals surface area contributed by atoms with Crippen molar-refractivity contribution in [1.29, 1.82) is 0 Å². The van der Waals surface area contributed by atoms with Crippen LogP contribution in [0.25, 0.3) is 5.69 Å². The van der Waals surface area contributed by atoms with E-state index in [2.05, 4.69) is 10.4 Å². The van der Waals surface area contributed by atoms with Gasteiger partial charge in [0.2, 0.25) is 0 Å². The van der Waals surface area contributed by atoms with Crippen LogP contribution >= 0.6 is 0 Å². The fourth-order valence-electron chi connectivity index (χ4n) is 4.78. The highest BCUT2D eigenvalue weighted by Crippen LogP contribution is 2.57. The highest BCUT2D eigenvalue weighted by Gasteiger charge is 2.51. The summed E-state index contributed by atoms with van der Waals surface area (Å²) in [6, 6.07) is 13.4. The molecule has 0 radical (unpaired) electrons. The Morgan fingerprint density at radius 3 is 2.66 bits per heavy atom. The molecule has 1 aromatic heterocycles. The van der Waals surface area contributed by atoms with Crippen LogP contribution in [0.5, 0.6) is 0 Å². The van der Waals surface area contributed by atoms with Crippen LogP contribution in [0.4, 0.5) is 8.78 Å². The van der Waals surface area contributed by atoms with Crippen LogP contribution in [-0.4, -0.2) is 15.7 Å². The van der Waals surface area contributed by atoms with E-state index < -0.39 is 11.6 Å². The number of halogens is 2. The van der Waals surface area contributed by atoms with Gasteiger partial charge in [0.05, 0.1) is 11.2 Å². The fraction of sp³-hybridized carbons (Fsp3) is 0.304. The largest absolute Gasteiger partial charge is 0.341 e. The molecule has 0 spiro atoms. The molecule has 146 valence electrons. The molecule has 2 fully saturated rings. The smallest absolute Gasteiger partial charge is 0.272 e. The Labute approximate surface area is 166 Å². The minimum atomic E-state index is -0.672. The zero-order valence-electron chi connectivity index (χ0n) is 15.7. The van der Waals surface area contributed by atoms with Gasteiger partial charge in [-0.2, -0.15) is 5.10 Å². The van der Waals surface area contributed by atoms with Gasteiger partial charge in [-0.15, -0.1) is 0 Å². The number of hydrogen-bond donors (Lipinski definition) is 1.